The van der Waals surface area contributed by atoms with E-state index in [0.717, 1.165) is 5.56 Å². The molecule has 2 aromatic rings. The Kier molecular flexibility index (Phi) is 7.80. The van der Waals surface area contributed by atoms with Crippen LogP contribution >= 0.6 is 0 Å². The number of amides is 3. The minimum Gasteiger partial charge on any atom is -0.467 e. The average molecular weight is 385 g/mol. The van der Waals surface area contributed by atoms with E-state index in [1.54, 1.807) is 18.2 Å². The molecule has 0 unspecified atom stereocenters. The van der Waals surface area contributed by atoms with Crippen molar-refractivity contribution < 1.29 is 18.8 Å². The highest BCUT2D eigenvalue weighted by Crippen LogP contribution is 2.11. The summed E-state index contributed by atoms with van der Waals surface area (Å²) in [5, 5.41) is 5.29. The van der Waals surface area contributed by atoms with Crippen molar-refractivity contribution in [3.63, 3.8) is 0 Å². The van der Waals surface area contributed by atoms with Gasteiger partial charge in [-0.1, -0.05) is 26.0 Å². The van der Waals surface area contributed by atoms with E-state index in [1.807, 2.05) is 39.0 Å². The highest BCUT2D eigenvalue weighted by atomic mass is 16.3. The predicted octanol–water partition coefficient (Wildman–Crippen LogP) is 2.72. The van der Waals surface area contributed by atoms with Gasteiger partial charge in [-0.05, 0) is 42.7 Å². The van der Waals surface area contributed by atoms with E-state index in [-0.39, 0.29) is 37.4 Å². The van der Waals surface area contributed by atoms with Crippen LogP contribution in [0.25, 0.3) is 0 Å². The van der Waals surface area contributed by atoms with Gasteiger partial charge in [0.15, 0.2) is 0 Å². The number of rotatable bonds is 9. The first-order chi connectivity index (χ1) is 13.3. The number of carbonyl (C=O) groups excluding carboxylic acids is 3. The molecule has 2 N–H and O–H groups in total. The fraction of sp³-hybridized carbons (Fsp3) is 0.381. The van der Waals surface area contributed by atoms with Gasteiger partial charge in [-0.25, -0.2) is 0 Å². The summed E-state index contributed by atoms with van der Waals surface area (Å²) in [4.78, 5) is 38.2. The first-order valence-electron chi connectivity index (χ1n) is 9.27. The third-order valence-corrected chi connectivity index (χ3v) is 3.94. The summed E-state index contributed by atoms with van der Waals surface area (Å²) < 4.78 is 5.29. The SMILES string of the molecule is Cc1cccc(NC(=O)CNC(=O)CN(Cc2ccco2)C(=O)CC(C)C)c1. The van der Waals surface area contributed by atoms with Gasteiger partial charge < -0.3 is 20.0 Å². The molecule has 0 bridgehead atoms. The second-order valence-electron chi connectivity index (χ2n) is 7.12. The standard InChI is InChI=1S/C21H27N3O4/c1-15(2)10-21(27)24(13-18-8-5-9-28-18)14-20(26)22-12-19(25)23-17-7-4-6-16(3)11-17/h4-9,11,15H,10,12-14H2,1-3H3,(H,22,26)(H,23,25). The monoisotopic (exact) mass is 385 g/mol. The van der Waals surface area contributed by atoms with Crippen molar-refractivity contribution in [1.29, 1.82) is 0 Å². The summed E-state index contributed by atoms with van der Waals surface area (Å²) in [6.07, 6.45) is 1.86. The highest BCUT2D eigenvalue weighted by Gasteiger charge is 2.20. The molecule has 1 aromatic carbocycles. The largest absolute Gasteiger partial charge is 0.467 e. The second kappa shape index (κ2) is 10.3. The third-order valence-electron chi connectivity index (χ3n) is 3.94. The van der Waals surface area contributed by atoms with Gasteiger partial charge in [0.1, 0.15) is 12.3 Å². The Morgan fingerprint density at radius 1 is 1.11 bits per heavy atom. The fourth-order valence-electron chi connectivity index (χ4n) is 2.64. The van der Waals surface area contributed by atoms with Crippen LogP contribution in [-0.2, 0) is 20.9 Å². The Balaban J connectivity index is 1.87. The Bertz CT molecular complexity index is 800. The number of anilines is 1. The van der Waals surface area contributed by atoms with Crippen molar-refractivity contribution in [3.05, 3.63) is 54.0 Å². The van der Waals surface area contributed by atoms with Crippen LogP contribution in [0.3, 0.4) is 0 Å². The van der Waals surface area contributed by atoms with Gasteiger partial charge in [0.25, 0.3) is 0 Å². The van der Waals surface area contributed by atoms with Crippen molar-refractivity contribution in [1.82, 2.24) is 10.2 Å². The fourth-order valence-corrected chi connectivity index (χ4v) is 2.64. The van der Waals surface area contributed by atoms with Crippen LogP contribution in [0.4, 0.5) is 5.69 Å². The molecular formula is C21H27N3O4. The number of nitrogens with zero attached hydrogens (tertiary/aromatic N) is 1. The molecule has 0 radical (unpaired) electrons. The Labute approximate surface area is 165 Å². The highest BCUT2D eigenvalue weighted by molar-refractivity contribution is 5.95. The molecule has 0 aliphatic rings. The molecule has 0 saturated heterocycles. The zero-order chi connectivity index (χ0) is 20.5. The minimum atomic E-state index is -0.400. The zero-order valence-electron chi connectivity index (χ0n) is 16.5. The molecule has 28 heavy (non-hydrogen) atoms. The molecule has 0 spiro atoms. The van der Waals surface area contributed by atoms with Crippen molar-refractivity contribution in [2.24, 2.45) is 5.92 Å². The van der Waals surface area contributed by atoms with E-state index < -0.39 is 5.91 Å². The van der Waals surface area contributed by atoms with Crippen LogP contribution in [0.2, 0.25) is 0 Å². The summed E-state index contributed by atoms with van der Waals surface area (Å²) in [6, 6.07) is 10.9. The maximum Gasteiger partial charge on any atom is 0.243 e. The van der Waals surface area contributed by atoms with E-state index in [2.05, 4.69) is 10.6 Å². The van der Waals surface area contributed by atoms with Crippen LogP contribution in [0.1, 0.15) is 31.6 Å². The molecule has 0 saturated carbocycles. The summed E-state index contributed by atoms with van der Waals surface area (Å²) in [7, 11) is 0. The quantitative estimate of drug-likeness (QED) is 0.694. The topological polar surface area (TPSA) is 91.7 Å². The lowest BCUT2D eigenvalue weighted by Crippen LogP contribution is -2.42. The molecular weight excluding hydrogens is 358 g/mol. The van der Waals surface area contributed by atoms with Gasteiger partial charge >= 0.3 is 0 Å². The second-order valence-corrected chi connectivity index (χ2v) is 7.12. The summed E-state index contributed by atoms with van der Waals surface area (Å²) in [5.74, 6) is -0.0873. The average Bonchev–Trinajstić information content (AvgIpc) is 3.12. The van der Waals surface area contributed by atoms with Crippen LogP contribution < -0.4 is 10.6 Å². The van der Waals surface area contributed by atoms with Crippen LogP contribution in [0.15, 0.2) is 47.1 Å². The zero-order valence-corrected chi connectivity index (χ0v) is 16.5. The van der Waals surface area contributed by atoms with E-state index in [4.69, 9.17) is 4.42 Å². The van der Waals surface area contributed by atoms with Gasteiger partial charge in [0.2, 0.25) is 17.7 Å². The maximum absolute atomic E-state index is 12.5. The van der Waals surface area contributed by atoms with Gasteiger partial charge in [-0.3, -0.25) is 14.4 Å². The van der Waals surface area contributed by atoms with Gasteiger partial charge in [0.05, 0.1) is 19.4 Å². The Morgan fingerprint density at radius 3 is 2.54 bits per heavy atom. The van der Waals surface area contributed by atoms with Crippen LogP contribution in [0.5, 0.6) is 0 Å². The minimum absolute atomic E-state index is 0.134. The molecule has 1 aromatic heterocycles. The number of hydrogen-bond acceptors (Lipinski definition) is 4. The number of hydrogen-bond donors (Lipinski definition) is 2. The van der Waals surface area contributed by atoms with Gasteiger partial charge in [0, 0.05) is 12.1 Å². The summed E-state index contributed by atoms with van der Waals surface area (Å²) in [6.45, 7) is 5.72. The predicted molar refractivity (Wildman–Crippen MR) is 106 cm³/mol. The number of benzene rings is 1. The number of aryl methyl sites for hydroxylation is 1. The maximum atomic E-state index is 12.5. The third kappa shape index (κ3) is 7.26. The first kappa shape index (κ1) is 21.2. The summed E-state index contributed by atoms with van der Waals surface area (Å²) in [5.41, 5.74) is 1.70. The molecule has 2 rings (SSSR count). The Hall–Kier alpha value is -3.09. The van der Waals surface area contributed by atoms with Gasteiger partial charge in [-0.2, -0.15) is 0 Å². The van der Waals surface area contributed by atoms with Crippen molar-refractivity contribution in [3.8, 4) is 0 Å². The normalized spacial score (nSPS) is 10.6. The molecule has 0 fully saturated rings. The van der Waals surface area contributed by atoms with E-state index >= 15 is 0 Å². The molecule has 0 atom stereocenters. The lowest BCUT2D eigenvalue weighted by atomic mass is 10.1. The first-order valence-corrected chi connectivity index (χ1v) is 9.27. The van der Waals surface area contributed by atoms with E-state index in [9.17, 15) is 14.4 Å². The van der Waals surface area contributed by atoms with Crippen molar-refractivity contribution >= 4 is 23.4 Å². The molecule has 0 aliphatic carbocycles. The molecule has 1 heterocycles. The van der Waals surface area contributed by atoms with Crippen LogP contribution in [-0.4, -0.2) is 35.7 Å². The smallest absolute Gasteiger partial charge is 0.243 e. The molecule has 7 nitrogen and oxygen atoms in total. The number of nitrogens with one attached hydrogen (secondary N) is 2. The molecule has 3 amide bonds. The molecule has 0 aliphatic heterocycles. The molecule has 7 heteroatoms. The van der Waals surface area contributed by atoms with Crippen LogP contribution in [0, 0.1) is 12.8 Å². The van der Waals surface area contributed by atoms with E-state index in [1.165, 1.54) is 11.2 Å². The summed E-state index contributed by atoms with van der Waals surface area (Å²) >= 11 is 0. The van der Waals surface area contributed by atoms with E-state index in [0.29, 0.717) is 17.9 Å². The number of carbonyl (C=O) groups is 3. The van der Waals surface area contributed by atoms with Crippen molar-refractivity contribution in [2.75, 3.05) is 18.4 Å². The van der Waals surface area contributed by atoms with Crippen molar-refractivity contribution in [2.45, 2.75) is 33.7 Å². The van der Waals surface area contributed by atoms with Gasteiger partial charge in [-0.15, -0.1) is 0 Å². The number of furan rings is 1. The lowest BCUT2D eigenvalue weighted by Gasteiger charge is -2.22. The lowest BCUT2D eigenvalue weighted by molar-refractivity contribution is -0.137. The Morgan fingerprint density at radius 2 is 1.89 bits per heavy atom. The molecule has 150 valence electrons.